The Morgan fingerprint density at radius 2 is 2.14 bits per heavy atom. The van der Waals surface area contributed by atoms with E-state index in [1.807, 2.05) is 19.1 Å². The average Bonchev–Trinajstić information content (AvgIpc) is 3.48. The first kappa shape index (κ1) is 18.5. The van der Waals surface area contributed by atoms with Gasteiger partial charge in [0.1, 0.15) is 11.5 Å². The Bertz CT molecular complexity index is 1100. The molecular formula is C23H25N3O2S. The molecule has 1 aliphatic rings. The van der Waals surface area contributed by atoms with Gasteiger partial charge in [0.15, 0.2) is 0 Å². The van der Waals surface area contributed by atoms with Gasteiger partial charge in [0, 0.05) is 23.6 Å². The zero-order chi connectivity index (χ0) is 19.8. The first-order chi connectivity index (χ1) is 14.2. The monoisotopic (exact) mass is 407 g/mol. The molecule has 1 aliphatic heterocycles. The van der Waals surface area contributed by atoms with Gasteiger partial charge in [-0.3, -0.25) is 4.90 Å². The number of oxazole rings is 1. The van der Waals surface area contributed by atoms with Crippen molar-refractivity contribution in [1.29, 1.82) is 0 Å². The van der Waals surface area contributed by atoms with Gasteiger partial charge in [0.05, 0.1) is 17.7 Å². The fraction of sp³-hybridized carbons (Fsp3) is 0.348. The number of nitrogens with one attached hydrogen (secondary N) is 1. The Balaban J connectivity index is 1.27. The highest BCUT2D eigenvalue weighted by Crippen LogP contribution is 2.35. The fourth-order valence-corrected chi connectivity index (χ4v) is 4.93. The normalized spacial score (nSPS) is 15.9. The molecule has 6 heteroatoms. The lowest BCUT2D eigenvalue weighted by atomic mass is 9.89. The Morgan fingerprint density at radius 3 is 2.90 bits per heavy atom. The number of hydrogen-bond donors (Lipinski definition) is 1. The highest BCUT2D eigenvalue weighted by molar-refractivity contribution is 7.13. The van der Waals surface area contributed by atoms with Crippen molar-refractivity contribution in [3.63, 3.8) is 0 Å². The lowest BCUT2D eigenvalue weighted by Gasteiger charge is -2.31. The van der Waals surface area contributed by atoms with Crippen molar-refractivity contribution < 1.29 is 9.15 Å². The number of rotatable bonds is 5. The van der Waals surface area contributed by atoms with E-state index in [1.54, 1.807) is 18.4 Å². The molecule has 4 aromatic rings. The summed E-state index contributed by atoms with van der Waals surface area (Å²) < 4.78 is 11.3. The number of aryl methyl sites for hydroxylation is 1. The maximum Gasteiger partial charge on any atom is 0.236 e. The number of H-pyrrole nitrogens is 1. The van der Waals surface area contributed by atoms with Crippen LogP contribution in [0.15, 0.2) is 46.3 Å². The number of thiophene rings is 1. The van der Waals surface area contributed by atoms with Crippen LogP contribution in [0.25, 0.3) is 21.7 Å². The summed E-state index contributed by atoms with van der Waals surface area (Å²) in [6, 6.07) is 10.4. The minimum atomic E-state index is 0.576. The molecule has 29 heavy (non-hydrogen) atoms. The molecule has 0 radical (unpaired) electrons. The van der Waals surface area contributed by atoms with Crippen LogP contribution in [0.1, 0.15) is 35.8 Å². The molecule has 1 fully saturated rings. The number of methoxy groups -OCH3 is 1. The number of nitrogens with zero attached hydrogens (tertiary/aromatic N) is 2. The van der Waals surface area contributed by atoms with Gasteiger partial charge in [0.2, 0.25) is 5.89 Å². The summed E-state index contributed by atoms with van der Waals surface area (Å²) in [4.78, 5) is 11.8. The lowest BCUT2D eigenvalue weighted by molar-refractivity contribution is 0.202. The topological polar surface area (TPSA) is 54.3 Å². The van der Waals surface area contributed by atoms with E-state index in [-0.39, 0.29) is 0 Å². The van der Waals surface area contributed by atoms with Crippen molar-refractivity contribution in [3.8, 4) is 16.5 Å². The zero-order valence-corrected chi connectivity index (χ0v) is 17.6. The van der Waals surface area contributed by atoms with E-state index in [9.17, 15) is 0 Å². The summed E-state index contributed by atoms with van der Waals surface area (Å²) in [5.74, 6) is 3.17. The molecule has 3 aromatic heterocycles. The number of fused-ring (bicyclic) bond motifs is 1. The van der Waals surface area contributed by atoms with E-state index < -0.39 is 0 Å². The van der Waals surface area contributed by atoms with Gasteiger partial charge >= 0.3 is 0 Å². The number of aromatic nitrogens is 2. The molecule has 0 spiro atoms. The summed E-state index contributed by atoms with van der Waals surface area (Å²) in [6.07, 6.45) is 4.48. The van der Waals surface area contributed by atoms with Crippen molar-refractivity contribution in [1.82, 2.24) is 14.9 Å². The number of benzene rings is 1. The van der Waals surface area contributed by atoms with Gasteiger partial charge in [-0.15, -0.1) is 11.3 Å². The van der Waals surface area contributed by atoms with Crippen molar-refractivity contribution in [2.45, 2.75) is 32.2 Å². The van der Waals surface area contributed by atoms with Gasteiger partial charge < -0.3 is 14.1 Å². The van der Waals surface area contributed by atoms with Gasteiger partial charge in [-0.2, -0.15) is 0 Å². The molecule has 0 amide bonds. The number of piperidine rings is 1. The first-order valence-corrected chi connectivity index (χ1v) is 11.0. The van der Waals surface area contributed by atoms with E-state index >= 15 is 0 Å². The van der Waals surface area contributed by atoms with Crippen LogP contribution in [0.4, 0.5) is 0 Å². The van der Waals surface area contributed by atoms with Crippen molar-refractivity contribution >= 4 is 22.2 Å². The SMILES string of the molecule is COc1ccc2[nH]cc(C3CCN(Cc4nc(-c5cccs5)oc4C)CC3)c2c1. The van der Waals surface area contributed by atoms with Crippen LogP contribution in [-0.2, 0) is 6.54 Å². The number of hydrogen-bond acceptors (Lipinski definition) is 5. The summed E-state index contributed by atoms with van der Waals surface area (Å²) >= 11 is 1.66. The second-order valence-corrected chi connectivity index (χ2v) is 8.65. The molecule has 0 unspecified atom stereocenters. The molecular weight excluding hydrogens is 382 g/mol. The van der Waals surface area contributed by atoms with Gasteiger partial charge in [-0.25, -0.2) is 4.98 Å². The first-order valence-electron chi connectivity index (χ1n) is 10.1. The molecule has 1 aromatic carbocycles. The van der Waals surface area contributed by atoms with Gasteiger partial charge in [0.25, 0.3) is 0 Å². The van der Waals surface area contributed by atoms with Gasteiger partial charge in [-0.1, -0.05) is 6.07 Å². The molecule has 5 nitrogen and oxygen atoms in total. The van der Waals surface area contributed by atoms with Crippen LogP contribution in [0.5, 0.6) is 5.75 Å². The highest BCUT2D eigenvalue weighted by atomic mass is 32.1. The number of likely N-dealkylation sites (tertiary alicyclic amines) is 1. The predicted molar refractivity (Wildman–Crippen MR) is 117 cm³/mol. The molecule has 0 saturated carbocycles. The third-order valence-electron chi connectivity index (χ3n) is 5.95. The van der Waals surface area contributed by atoms with Crippen LogP contribution in [-0.4, -0.2) is 35.1 Å². The third-order valence-corrected chi connectivity index (χ3v) is 6.80. The Hall–Kier alpha value is -2.57. The van der Waals surface area contributed by atoms with Crippen molar-refractivity contribution in [2.24, 2.45) is 0 Å². The van der Waals surface area contributed by atoms with Crippen LogP contribution >= 0.6 is 11.3 Å². The predicted octanol–water partition coefficient (Wildman–Crippen LogP) is 5.58. The summed E-state index contributed by atoms with van der Waals surface area (Å²) in [7, 11) is 1.72. The van der Waals surface area contributed by atoms with E-state index in [0.717, 1.165) is 60.4 Å². The molecule has 1 saturated heterocycles. The molecule has 150 valence electrons. The van der Waals surface area contributed by atoms with Crippen LogP contribution in [0.3, 0.4) is 0 Å². The fourth-order valence-electron chi connectivity index (χ4n) is 4.28. The third kappa shape index (κ3) is 3.58. The lowest BCUT2D eigenvalue weighted by Crippen LogP contribution is -2.32. The van der Waals surface area contributed by atoms with E-state index in [1.165, 1.54) is 16.5 Å². The Kier molecular flexibility index (Phi) is 4.89. The van der Waals surface area contributed by atoms with Crippen molar-refractivity contribution in [2.75, 3.05) is 20.2 Å². The van der Waals surface area contributed by atoms with Crippen LogP contribution < -0.4 is 4.74 Å². The zero-order valence-electron chi connectivity index (χ0n) is 16.8. The maximum atomic E-state index is 5.91. The van der Waals surface area contributed by atoms with E-state index in [4.69, 9.17) is 14.1 Å². The largest absolute Gasteiger partial charge is 0.497 e. The Morgan fingerprint density at radius 1 is 1.28 bits per heavy atom. The van der Waals surface area contributed by atoms with E-state index in [2.05, 4.69) is 39.7 Å². The average molecular weight is 408 g/mol. The second kappa shape index (κ2) is 7.69. The van der Waals surface area contributed by atoms with Crippen LogP contribution in [0.2, 0.25) is 0 Å². The Labute approximate surface area is 174 Å². The van der Waals surface area contributed by atoms with Crippen LogP contribution in [0, 0.1) is 6.92 Å². The molecule has 0 bridgehead atoms. The standard InChI is InChI=1S/C23H25N3O2S/c1-15-21(25-23(28-15)22-4-3-11-29-22)14-26-9-7-16(8-10-26)19-13-24-20-6-5-17(27-2)12-18(19)20/h3-6,11-13,16,24H,7-10,14H2,1-2H3. The molecule has 1 N–H and O–H groups in total. The smallest absolute Gasteiger partial charge is 0.236 e. The summed E-state index contributed by atoms with van der Waals surface area (Å²) in [6.45, 7) is 5.02. The molecule has 0 aliphatic carbocycles. The summed E-state index contributed by atoms with van der Waals surface area (Å²) in [5, 5.41) is 3.34. The molecule has 0 atom stereocenters. The minimum absolute atomic E-state index is 0.576. The van der Waals surface area contributed by atoms with Gasteiger partial charge in [-0.05, 0) is 74.0 Å². The minimum Gasteiger partial charge on any atom is -0.497 e. The second-order valence-electron chi connectivity index (χ2n) is 7.71. The van der Waals surface area contributed by atoms with Crippen molar-refractivity contribution in [3.05, 3.63) is 58.9 Å². The quantitative estimate of drug-likeness (QED) is 0.469. The number of ether oxygens (including phenoxy) is 1. The number of aromatic amines is 1. The molecule has 4 heterocycles. The summed E-state index contributed by atoms with van der Waals surface area (Å²) in [5.41, 5.74) is 3.65. The highest BCUT2D eigenvalue weighted by Gasteiger charge is 2.24. The molecule has 5 rings (SSSR count). The maximum absolute atomic E-state index is 5.91. The van der Waals surface area contributed by atoms with E-state index in [0.29, 0.717) is 5.92 Å².